The fraction of sp³-hybridized carbons (Fsp3) is 0.375. The van der Waals surface area contributed by atoms with E-state index in [9.17, 15) is 9.90 Å². The van der Waals surface area contributed by atoms with Gasteiger partial charge in [0.25, 0.3) is 5.89 Å². The summed E-state index contributed by atoms with van der Waals surface area (Å²) in [6.07, 6.45) is 4.52. The highest BCUT2D eigenvalue weighted by Crippen LogP contribution is 2.39. The molecule has 2 aliphatic rings. The average Bonchev–Trinajstić information content (AvgIpc) is 3.59. The Bertz CT molecular complexity index is 1580. The van der Waals surface area contributed by atoms with Gasteiger partial charge in [-0.2, -0.15) is 4.98 Å². The monoisotopic (exact) mass is 568 g/mol. The topological polar surface area (TPSA) is 134 Å². The van der Waals surface area contributed by atoms with Crippen LogP contribution in [0.15, 0.2) is 65.3 Å². The number of esters is 1. The lowest BCUT2D eigenvalue weighted by Crippen LogP contribution is -2.40. The van der Waals surface area contributed by atoms with E-state index in [1.54, 1.807) is 12.3 Å². The zero-order valence-electron chi connectivity index (χ0n) is 24.1. The van der Waals surface area contributed by atoms with Gasteiger partial charge >= 0.3 is 5.97 Å². The van der Waals surface area contributed by atoms with E-state index >= 15 is 0 Å². The molecule has 0 bridgehead atoms. The molecule has 2 aliphatic heterocycles. The van der Waals surface area contributed by atoms with Crippen molar-refractivity contribution in [1.82, 2.24) is 20.4 Å². The fourth-order valence-electron chi connectivity index (χ4n) is 5.90. The molecule has 6 rings (SSSR count). The van der Waals surface area contributed by atoms with Crippen molar-refractivity contribution in [2.45, 2.75) is 57.1 Å². The van der Waals surface area contributed by atoms with E-state index in [1.165, 1.54) is 0 Å². The van der Waals surface area contributed by atoms with Crippen LogP contribution in [0.5, 0.6) is 0 Å². The predicted molar refractivity (Wildman–Crippen MR) is 160 cm³/mol. The summed E-state index contributed by atoms with van der Waals surface area (Å²) in [5, 5.41) is 25.0. The summed E-state index contributed by atoms with van der Waals surface area (Å²) in [5.74, 6) is 1.34. The van der Waals surface area contributed by atoms with E-state index in [0.29, 0.717) is 34.3 Å². The number of rotatable bonds is 9. The zero-order chi connectivity index (χ0) is 29.3. The first kappa shape index (κ1) is 27.9. The molecule has 0 aliphatic carbocycles. The number of carbonyl (C=O) groups excluding carboxylic acids is 1. The number of hydrogen-bond donors (Lipinski definition) is 4. The number of carbonyl (C=O) groups is 1. The fourth-order valence-corrected chi connectivity index (χ4v) is 5.90. The van der Waals surface area contributed by atoms with Crippen LogP contribution in [-0.2, 0) is 15.8 Å². The summed E-state index contributed by atoms with van der Waals surface area (Å²) in [6.45, 7) is 7.64. The van der Waals surface area contributed by atoms with Crippen molar-refractivity contribution in [2.24, 2.45) is 0 Å². The quantitative estimate of drug-likeness (QED) is 0.193. The molecule has 218 valence electrons. The molecule has 1 saturated heterocycles. The molecule has 10 heteroatoms. The van der Waals surface area contributed by atoms with Gasteiger partial charge in [-0.3, -0.25) is 0 Å². The van der Waals surface area contributed by atoms with E-state index in [0.717, 1.165) is 49.2 Å². The molecule has 1 fully saturated rings. The van der Waals surface area contributed by atoms with Crippen molar-refractivity contribution in [3.8, 4) is 11.5 Å². The lowest BCUT2D eigenvalue weighted by atomic mass is 9.76. The number of aliphatic hydroxyl groups is 1. The number of anilines is 3. The van der Waals surface area contributed by atoms with E-state index in [-0.39, 0.29) is 24.0 Å². The normalized spacial score (nSPS) is 17.8. The van der Waals surface area contributed by atoms with Gasteiger partial charge in [-0.1, -0.05) is 42.4 Å². The first-order valence-corrected chi connectivity index (χ1v) is 14.4. The van der Waals surface area contributed by atoms with Crippen molar-refractivity contribution >= 4 is 23.2 Å². The van der Waals surface area contributed by atoms with Crippen LogP contribution in [0.3, 0.4) is 0 Å². The molecule has 4 aromatic rings. The second kappa shape index (κ2) is 11.2. The number of pyridine rings is 1. The van der Waals surface area contributed by atoms with Gasteiger partial charge in [0.05, 0.1) is 29.5 Å². The molecule has 0 radical (unpaired) electrons. The molecule has 2 aromatic heterocycles. The van der Waals surface area contributed by atoms with Crippen molar-refractivity contribution < 1.29 is 19.2 Å². The number of hydrogen-bond acceptors (Lipinski definition) is 10. The number of fused-ring (bicyclic) bond motifs is 1. The zero-order valence-corrected chi connectivity index (χ0v) is 24.1. The van der Waals surface area contributed by atoms with Crippen LogP contribution in [0.4, 0.5) is 17.2 Å². The van der Waals surface area contributed by atoms with Gasteiger partial charge in [0, 0.05) is 28.9 Å². The Morgan fingerprint density at radius 1 is 1.07 bits per heavy atom. The van der Waals surface area contributed by atoms with Crippen LogP contribution >= 0.6 is 0 Å². The highest BCUT2D eigenvalue weighted by molar-refractivity contribution is 5.95. The van der Waals surface area contributed by atoms with Crippen molar-refractivity contribution in [3.05, 3.63) is 83.3 Å². The van der Waals surface area contributed by atoms with Crippen molar-refractivity contribution in [3.63, 3.8) is 0 Å². The van der Waals surface area contributed by atoms with Crippen LogP contribution in [0, 0.1) is 0 Å². The van der Waals surface area contributed by atoms with Gasteiger partial charge in [0.15, 0.2) is 5.82 Å². The second-order valence-electron chi connectivity index (χ2n) is 11.5. The van der Waals surface area contributed by atoms with E-state index < -0.39 is 5.60 Å². The molecule has 0 spiro atoms. The summed E-state index contributed by atoms with van der Waals surface area (Å²) in [7, 11) is 0. The standard InChI is InChI=1S/C32H36N6O4/c1-4-32(12-14-33-15-13-32)30-37-28(42-38-30)23-18-34-27(17-25(23)36-26(19-39)20-8-6-5-7-9-20)35-21-10-11-22-24(16-21)31(2,3)41-29(22)40/h5-11,16-18,26,33,39H,4,12-15,19H2,1-3H3,(H2,34,35,36). The van der Waals surface area contributed by atoms with E-state index in [2.05, 4.69) is 33.0 Å². The van der Waals surface area contributed by atoms with Gasteiger partial charge in [-0.25, -0.2) is 9.78 Å². The highest BCUT2D eigenvalue weighted by atomic mass is 16.6. The Labute approximate surface area is 244 Å². The molecular formula is C32H36N6O4. The maximum atomic E-state index is 12.3. The van der Waals surface area contributed by atoms with Crippen LogP contribution in [0.2, 0.25) is 0 Å². The lowest BCUT2D eigenvalue weighted by Gasteiger charge is -2.33. The highest BCUT2D eigenvalue weighted by Gasteiger charge is 2.38. The molecule has 10 nitrogen and oxygen atoms in total. The first-order valence-electron chi connectivity index (χ1n) is 14.4. The molecule has 1 atom stereocenters. The summed E-state index contributed by atoms with van der Waals surface area (Å²) in [5.41, 5.74) is 3.58. The Morgan fingerprint density at radius 3 is 2.60 bits per heavy atom. The third-order valence-electron chi connectivity index (χ3n) is 8.49. The number of nitrogens with one attached hydrogen (secondary N) is 3. The second-order valence-corrected chi connectivity index (χ2v) is 11.5. The van der Waals surface area contributed by atoms with Gasteiger partial charge in [0.2, 0.25) is 0 Å². The third-order valence-corrected chi connectivity index (χ3v) is 8.49. The van der Waals surface area contributed by atoms with Gasteiger partial charge in [-0.05, 0) is 70.0 Å². The SMILES string of the molecule is CCC1(c2noc(-c3cnc(Nc4ccc5c(c4)C(C)(C)OC5=O)cc3NC(CO)c3ccccc3)n2)CCNCC1. The summed E-state index contributed by atoms with van der Waals surface area (Å²) in [4.78, 5) is 21.8. The minimum atomic E-state index is -0.710. The van der Waals surface area contributed by atoms with Crippen LogP contribution in [0.1, 0.15) is 73.4 Å². The summed E-state index contributed by atoms with van der Waals surface area (Å²) in [6, 6.07) is 16.8. The van der Waals surface area contributed by atoms with E-state index in [1.807, 2.05) is 62.4 Å². The molecule has 0 amide bonds. The Hall–Kier alpha value is -4.28. The van der Waals surface area contributed by atoms with Crippen LogP contribution in [-0.4, -0.2) is 45.9 Å². The molecule has 4 heterocycles. The average molecular weight is 569 g/mol. The minimum absolute atomic E-state index is 0.122. The number of ether oxygens (including phenoxy) is 1. The molecule has 42 heavy (non-hydrogen) atoms. The lowest BCUT2D eigenvalue weighted by molar-refractivity contribution is 0.00954. The smallest absolute Gasteiger partial charge is 0.339 e. The maximum Gasteiger partial charge on any atom is 0.339 e. The Morgan fingerprint density at radius 2 is 1.86 bits per heavy atom. The van der Waals surface area contributed by atoms with Crippen molar-refractivity contribution in [2.75, 3.05) is 30.3 Å². The third kappa shape index (κ3) is 5.23. The number of benzene rings is 2. The van der Waals surface area contributed by atoms with Gasteiger partial charge in [-0.15, -0.1) is 0 Å². The predicted octanol–water partition coefficient (Wildman–Crippen LogP) is 5.46. The molecule has 2 aromatic carbocycles. The first-order chi connectivity index (χ1) is 20.3. The number of aliphatic hydroxyl groups excluding tert-OH is 1. The number of cyclic esters (lactones) is 1. The summed E-state index contributed by atoms with van der Waals surface area (Å²) < 4.78 is 11.4. The Kier molecular flexibility index (Phi) is 7.42. The molecule has 4 N–H and O–H groups in total. The molecule has 1 unspecified atom stereocenters. The van der Waals surface area contributed by atoms with Crippen LogP contribution < -0.4 is 16.0 Å². The van der Waals surface area contributed by atoms with Gasteiger partial charge < -0.3 is 30.3 Å². The Balaban J connectivity index is 1.36. The van der Waals surface area contributed by atoms with E-state index in [4.69, 9.17) is 14.2 Å². The number of nitrogens with zero attached hydrogens (tertiary/aromatic N) is 3. The number of aromatic nitrogens is 3. The number of piperidine rings is 1. The van der Waals surface area contributed by atoms with Gasteiger partial charge in [0.1, 0.15) is 11.4 Å². The maximum absolute atomic E-state index is 12.3. The summed E-state index contributed by atoms with van der Waals surface area (Å²) >= 11 is 0. The molecular weight excluding hydrogens is 532 g/mol. The molecule has 0 saturated carbocycles. The largest absolute Gasteiger partial charge is 0.451 e. The minimum Gasteiger partial charge on any atom is -0.451 e. The van der Waals surface area contributed by atoms with Crippen molar-refractivity contribution in [1.29, 1.82) is 0 Å². The van der Waals surface area contributed by atoms with Crippen LogP contribution in [0.25, 0.3) is 11.5 Å².